The van der Waals surface area contributed by atoms with Crippen molar-refractivity contribution < 1.29 is 4.79 Å². The van der Waals surface area contributed by atoms with Crippen LogP contribution in [0.25, 0.3) is 10.2 Å². The van der Waals surface area contributed by atoms with Gasteiger partial charge in [-0.2, -0.15) is 4.99 Å². The number of amidine groups is 1. The van der Waals surface area contributed by atoms with Crippen LogP contribution < -0.4 is 5.32 Å². The molecule has 1 aliphatic heterocycles. The Morgan fingerprint density at radius 2 is 2.25 bits per heavy atom. The van der Waals surface area contributed by atoms with E-state index in [2.05, 4.69) is 15.3 Å². The maximum Gasteiger partial charge on any atom is 0.236 e. The standard InChI is InChI=1S/C10H7N3OS2/c14-8-5-15-9(12-8)13-10-11-6-3-1-2-4-7(6)16-10/h1-4H,5H2,(H,11,12,13,14). The Balaban J connectivity index is 1.97. The molecule has 1 aromatic heterocycles. The number of aliphatic imine (C=N–C) groups is 1. The summed E-state index contributed by atoms with van der Waals surface area (Å²) in [6.45, 7) is 0. The Morgan fingerprint density at radius 3 is 3.00 bits per heavy atom. The van der Waals surface area contributed by atoms with Gasteiger partial charge in [-0.25, -0.2) is 4.98 Å². The highest BCUT2D eigenvalue weighted by Crippen LogP contribution is 2.28. The smallest absolute Gasteiger partial charge is 0.236 e. The number of thioether (sulfide) groups is 1. The molecule has 4 nitrogen and oxygen atoms in total. The van der Waals surface area contributed by atoms with Gasteiger partial charge in [-0.1, -0.05) is 35.2 Å². The van der Waals surface area contributed by atoms with Gasteiger partial charge in [0.15, 0.2) is 5.17 Å². The van der Waals surface area contributed by atoms with Crippen LogP contribution in [-0.4, -0.2) is 21.8 Å². The Kier molecular flexibility index (Phi) is 2.37. The summed E-state index contributed by atoms with van der Waals surface area (Å²) in [6.07, 6.45) is 0. The zero-order chi connectivity index (χ0) is 11.0. The number of thiazole rings is 1. The molecule has 0 unspecified atom stereocenters. The highest BCUT2D eigenvalue weighted by atomic mass is 32.2. The molecule has 1 N–H and O–H groups in total. The molecule has 0 atom stereocenters. The lowest BCUT2D eigenvalue weighted by Crippen LogP contribution is -2.19. The van der Waals surface area contributed by atoms with Gasteiger partial charge in [0.1, 0.15) is 0 Å². The normalized spacial score (nSPS) is 18.2. The first kappa shape index (κ1) is 9.80. The summed E-state index contributed by atoms with van der Waals surface area (Å²) in [7, 11) is 0. The van der Waals surface area contributed by atoms with Crippen LogP contribution in [0.5, 0.6) is 0 Å². The van der Waals surface area contributed by atoms with Crippen molar-refractivity contribution in [2.24, 2.45) is 4.99 Å². The fourth-order valence-corrected chi connectivity index (χ4v) is 2.96. The zero-order valence-corrected chi connectivity index (χ0v) is 9.77. The van der Waals surface area contributed by atoms with Gasteiger partial charge >= 0.3 is 0 Å². The molecule has 80 valence electrons. The molecule has 0 spiro atoms. The second kappa shape index (κ2) is 3.88. The number of nitrogens with one attached hydrogen (secondary N) is 1. The van der Waals surface area contributed by atoms with Gasteiger partial charge in [0.25, 0.3) is 0 Å². The molecule has 16 heavy (non-hydrogen) atoms. The Bertz CT molecular complexity index is 558. The van der Waals surface area contributed by atoms with Crippen molar-refractivity contribution in [2.75, 3.05) is 5.75 Å². The molecule has 2 aromatic rings. The van der Waals surface area contributed by atoms with E-state index in [1.807, 2.05) is 24.3 Å². The summed E-state index contributed by atoms with van der Waals surface area (Å²) in [4.78, 5) is 19.7. The minimum Gasteiger partial charge on any atom is -0.304 e. The summed E-state index contributed by atoms with van der Waals surface area (Å²) < 4.78 is 1.11. The van der Waals surface area contributed by atoms with Gasteiger partial charge in [0.05, 0.1) is 16.0 Å². The predicted molar refractivity (Wildman–Crippen MR) is 67.3 cm³/mol. The third-order valence-corrected chi connectivity index (χ3v) is 3.87. The Labute approximate surface area is 99.8 Å². The number of amides is 1. The van der Waals surface area contributed by atoms with E-state index in [0.717, 1.165) is 10.2 Å². The lowest BCUT2D eigenvalue weighted by Gasteiger charge is -1.90. The van der Waals surface area contributed by atoms with Crippen molar-refractivity contribution >= 4 is 49.5 Å². The lowest BCUT2D eigenvalue weighted by molar-refractivity contribution is -0.116. The number of rotatable bonds is 1. The zero-order valence-electron chi connectivity index (χ0n) is 8.14. The molecule has 1 saturated heterocycles. The quantitative estimate of drug-likeness (QED) is 0.842. The van der Waals surface area contributed by atoms with E-state index in [1.165, 1.54) is 23.1 Å². The predicted octanol–water partition coefficient (Wildman–Crippen LogP) is 2.15. The minimum atomic E-state index is 0.00450. The van der Waals surface area contributed by atoms with E-state index < -0.39 is 0 Å². The highest BCUT2D eigenvalue weighted by molar-refractivity contribution is 8.15. The minimum absolute atomic E-state index is 0.00450. The molecule has 1 aliphatic rings. The van der Waals surface area contributed by atoms with Crippen molar-refractivity contribution in [1.82, 2.24) is 10.3 Å². The van der Waals surface area contributed by atoms with Crippen LogP contribution in [0.4, 0.5) is 5.13 Å². The monoisotopic (exact) mass is 249 g/mol. The van der Waals surface area contributed by atoms with Gasteiger partial charge in [-0.3, -0.25) is 4.79 Å². The third-order valence-electron chi connectivity index (χ3n) is 2.07. The number of benzene rings is 1. The molecule has 1 aromatic carbocycles. The number of carbonyl (C=O) groups is 1. The Morgan fingerprint density at radius 1 is 1.38 bits per heavy atom. The number of hydrogen-bond acceptors (Lipinski definition) is 5. The van der Waals surface area contributed by atoms with E-state index in [9.17, 15) is 4.79 Å². The number of carbonyl (C=O) groups excluding carboxylic acids is 1. The average Bonchev–Trinajstić information content (AvgIpc) is 2.84. The molecule has 0 aliphatic carbocycles. The molecule has 0 saturated carbocycles. The summed E-state index contributed by atoms with van der Waals surface area (Å²) in [6, 6.07) is 7.89. The maximum atomic E-state index is 11.0. The number of para-hydroxylation sites is 1. The fraction of sp³-hybridized carbons (Fsp3) is 0.100. The van der Waals surface area contributed by atoms with Gasteiger partial charge < -0.3 is 5.32 Å². The van der Waals surface area contributed by atoms with Crippen LogP contribution in [-0.2, 0) is 4.79 Å². The van der Waals surface area contributed by atoms with Crippen LogP contribution in [0, 0.1) is 0 Å². The number of nitrogens with zero attached hydrogens (tertiary/aromatic N) is 2. The molecule has 1 fully saturated rings. The van der Waals surface area contributed by atoms with Crippen LogP contribution in [0.2, 0.25) is 0 Å². The molecule has 0 bridgehead atoms. The molecular formula is C10H7N3OS2. The van der Waals surface area contributed by atoms with Crippen LogP contribution in [0.1, 0.15) is 0 Å². The molecule has 2 heterocycles. The molecule has 6 heteroatoms. The summed E-state index contributed by atoms with van der Waals surface area (Å²) >= 11 is 2.93. The van der Waals surface area contributed by atoms with Crippen LogP contribution in [0.3, 0.4) is 0 Å². The van der Waals surface area contributed by atoms with E-state index in [1.54, 1.807) is 0 Å². The van der Waals surface area contributed by atoms with Gasteiger partial charge in [0.2, 0.25) is 11.0 Å². The number of aromatic nitrogens is 1. The van der Waals surface area contributed by atoms with Crippen molar-refractivity contribution in [3.8, 4) is 0 Å². The van der Waals surface area contributed by atoms with Crippen LogP contribution in [0.15, 0.2) is 29.3 Å². The van der Waals surface area contributed by atoms with Crippen LogP contribution >= 0.6 is 23.1 Å². The SMILES string of the molecule is O=C1CS/C(=N\c2nc3ccccc3s2)N1. The average molecular weight is 249 g/mol. The van der Waals surface area contributed by atoms with Crippen molar-refractivity contribution in [3.05, 3.63) is 24.3 Å². The van der Waals surface area contributed by atoms with Crippen molar-refractivity contribution in [2.45, 2.75) is 0 Å². The molecule has 3 rings (SSSR count). The maximum absolute atomic E-state index is 11.0. The fourth-order valence-electron chi connectivity index (χ4n) is 1.38. The second-order valence-electron chi connectivity index (χ2n) is 3.22. The molecule has 0 radical (unpaired) electrons. The van der Waals surface area contributed by atoms with E-state index in [4.69, 9.17) is 0 Å². The summed E-state index contributed by atoms with van der Waals surface area (Å²) in [5, 5.41) is 4.02. The van der Waals surface area contributed by atoms with E-state index in [0.29, 0.717) is 16.1 Å². The topological polar surface area (TPSA) is 54.4 Å². The number of hydrogen-bond donors (Lipinski definition) is 1. The van der Waals surface area contributed by atoms with Crippen molar-refractivity contribution in [1.29, 1.82) is 0 Å². The molecular weight excluding hydrogens is 242 g/mol. The largest absolute Gasteiger partial charge is 0.304 e. The third kappa shape index (κ3) is 1.81. The summed E-state index contributed by atoms with van der Waals surface area (Å²) in [5.41, 5.74) is 0.946. The van der Waals surface area contributed by atoms with Crippen molar-refractivity contribution in [3.63, 3.8) is 0 Å². The van der Waals surface area contributed by atoms with Gasteiger partial charge in [-0.05, 0) is 12.1 Å². The molecule has 1 amide bonds. The first-order chi connectivity index (χ1) is 7.81. The number of fused-ring (bicyclic) bond motifs is 1. The van der Waals surface area contributed by atoms with E-state index in [-0.39, 0.29) is 5.91 Å². The second-order valence-corrected chi connectivity index (χ2v) is 5.19. The Hall–Kier alpha value is -1.40. The first-order valence-electron chi connectivity index (χ1n) is 4.68. The summed E-state index contributed by atoms with van der Waals surface area (Å²) in [5.74, 6) is 0.453. The van der Waals surface area contributed by atoms with Gasteiger partial charge in [0, 0.05) is 0 Å². The van der Waals surface area contributed by atoms with E-state index >= 15 is 0 Å². The lowest BCUT2D eigenvalue weighted by atomic mass is 10.3. The van der Waals surface area contributed by atoms with Gasteiger partial charge in [-0.15, -0.1) is 0 Å². The first-order valence-corrected chi connectivity index (χ1v) is 6.48. The highest BCUT2D eigenvalue weighted by Gasteiger charge is 2.17.